The lowest BCUT2D eigenvalue weighted by Gasteiger charge is -2.16. The zero-order chi connectivity index (χ0) is 23.3. The Hall–Kier alpha value is -2.91. The van der Waals surface area contributed by atoms with Crippen molar-refractivity contribution in [2.75, 3.05) is 33.4 Å². The first kappa shape index (κ1) is 25.4. The number of nitrogens with zero attached hydrogens (tertiary/aromatic N) is 6. The van der Waals surface area contributed by atoms with Gasteiger partial charge in [0.05, 0.1) is 32.0 Å². The minimum Gasteiger partial charge on any atom is -0.394 e. The number of aliphatic hydroxyl groups is 1. The molecule has 2 unspecified atom stereocenters. The van der Waals surface area contributed by atoms with Gasteiger partial charge in [-0.25, -0.2) is 4.99 Å². The van der Waals surface area contributed by atoms with Gasteiger partial charge in [-0.05, 0) is 32.8 Å². The molecule has 1 aliphatic heterocycles. The Morgan fingerprint density at radius 1 is 1.50 bits per heavy atom. The lowest BCUT2D eigenvalue weighted by Crippen LogP contribution is -2.26. The standard InChI is InChI=1S/C23H34N6O3/c1-5-32-19(3)15-25-23(24-4)9-7-6-8-18(2)14-21-22(31)10-11-29(27-21)20-16-26-28(17-20)12-13-30/h7,9-11,15-16,19-20,30H,2,5-6,8,12-14,17H2,1,3-4H3/b9-7+,24-23?,25-15?. The quantitative estimate of drug-likeness (QED) is 0.303. The Balaban J connectivity index is 1.87. The molecular formula is C23H34N6O3. The molecule has 0 spiro atoms. The van der Waals surface area contributed by atoms with Gasteiger partial charge < -0.3 is 9.84 Å². The second kappa shape index (κ2) is 13.5. The van der Waals surface area contributed by atoms with E-state index in [0.29, 0.717) is 37.6 Å². The van der Waals surface area contributed by atoms with Crippen molar-refractivity contribution >= 4 is 18.3 Å². The molecule has 0 aromatic carbocycles. The average Bonchev–Trinajstić information content (AvgIpc) is 3.24. The zero-order valence-electron chi connectivity index (χ0n) is 19.2. The Labute approximate surface area is 189 Å². The highest BCUT2D eigenvalue weighted by Gasteiger charge is 2.19. The van der Waals surface area contributed by atoms with Crippen molar-refractivity contribution < 1.29 is 9.84 Å². The van der Waals surface area contributed by atoms with Crippen LogP contribution in [-0.2, 0) is 11.2 Å². The maximum absolute atomic E-state index is 12.3. The molecule has 0 saturated carbocycles. The number of allylic oxidation sites excluding steroid dienone is 2. The molecule has 0 aliphatic carbocycles. The number of hydrogen-bond donors (Lipinski definition) is 1. The first-order valence-electron chi connectivity index (χ1n) is 10.9. The third kappa shape index (κ3) is 8.32. The van der Waals surface area contributed by atoms with Gasteiger partial charge in [-0.1, -0.05) is 18.2 Å². The summed E-state index contributed by atoms with van der Waals surface area (Å²) in [5.74, 6) is 0.628. The van der Waals surface area contributed by atoms with E-state index in [9.17, 15) is 4.79 Å². The van der Waals surface area contributed by atoms with Gasteiger partial charge in [0.25, 0.3) is 0 Å². The van der Waals surface area contributed by atoms with Gasteiger partial charge in [0.15, 0.2) is 0 Å². The number of hydrazone groups is 1. The molecule has 2 atom stereocenters. The van der Waals surface area contributed by atoms with Crippen molar-refractivity contribution in [1.82, 2.24) is 14.8 Å². The average molecular weight is 443 g/mol. The van der Waals surface area contributed by atoms with Crippen molar-refractivity contribution in [1.29, 1.82) is 0 Å². The molecule has 0 saturated heterocycles. The summed E-state index contributed by atoms with van der Waals surface area (Å²) in [7, 11) is 1.70. The predicted octanol–water partition coefficient (Wildman–Crippen LogP) is 2.04. The molecule has 1 aliphatic rings. The summed E-state index contributed by atoms with van der Waals surface area (Å²) in [6, 6.07) is 1.47. The van der Waals surface area contributed by atoms with E-state index in [-0.39, 0.29) is 24.2 Å². The summed E-state index contributed by atoms with van der Waals surface area (Å²) in [4.78, 5) is 20.8. The Morgan fingerprint density at radius 3 is 3.03 bits per heavy atom. The van der Waals surface area contributed by atoms with E-state index in [4.69, 9.17) is 9.84 Å². The third-order valence-electron chi connectivity index (χ3n) is 4.82. The van der Waals surface area contributed by atoms with E-state index in [1.54, 1.807) is 35.4 Å². The summed E-state index contributed by atoms with van der Waals surface area (Å²) in [6.45, 7) is 9.78. The highest BCUT2D eigenvalue weighted by atomic mass is 16.5. The van der Waals surface area contributed by atoms with E-state index in [1.807, 2.05) is 26.0 Å². The van der Waals surface area contributed by atoms with Gasteiger partial charge in [0.1, 0.15) is 17.6 Å². The second-order valence-electron chi connectivity index (χ2n) is 7.46. The number of aliphatic hydroxyl groups excluding tert-OH is 1. The molecule has 9 heteroatoms. The fourth-order valence-electron chi connectivity index (χ4n) is 3.13. The predicted molar refractivity (Wildman–Crippen MR) is 129 cm³/mol. The molecule has 32 heavy (non-hydrogen) atoms. The van der Waals surface area contributed by atoms with Crippen LogP contribution >= 0.6 is 0 Å². The van der Waals surface area contributed by atoms with Crippen LogP contribution in [0.25, 0.3) is 0 Å². The maximum Gasteiger partial charge on any atom is 0.203 e. The third-order valence-corrected chi connectivity index (χ3v) is 4.82. The van der Waals surface area contributed by atoms with Crippen LogP contribution < -0.4 is 5.43 Å². The first-order valence-corrected chi connectivity index (χ1v) is 10.9. The molecule has 0 radical (unpaired) electrons. The van der Waals surface area contributed by atoms with Crippen LogP contribution in [0.4, 0.5) is 0 Å². The van der Waals surface area contributed by atoms with E-state index in [2.05, 4.69) is 26.8 Å². The molecular weight excluding hydrogens is 408 g/mol. The van der Waals surface area contributed by atoms with Crippen LogP contribution in [0.3, 0.4) is 0 Å². The number of aromatic nitrogens is 2. The van der Waals surface area contributed by atoms with Crippen molar-refractivity contribution in [3.63, 3.8) is 0 Å². The summed E-state index contributed by atoms with van der Waals surface area (Å²) in [6.07, 6.45) is 10.9. The maximum atomic E-state index is 12.3. The van der Waals surface area contributed by atoms with Crippen LogP contribution in [0.1, 0.15) is 38.4 Å². The number of β-amino-alcohol motifs (C(OH)–C–C–N with tert-alkyl or cyclic N) is 1. The van der Waals surface area contributed by atoms with Crippen LogP contribution in [-0.4, -0.2) is 77.6 Å². The summed E-state index contributed by atoms with van der Waals surface area (Å²) < 4.78 is 7.17. The van der Waals surface area contributed by atoms with Crippen LogP contribution in [0.5, 0.6) is 0 Å². The van der Waals surface area contributed by atoms with Crippen LogP contribution in [0.15, 0.2) is 56.4 Å². The van der Waals surface area contributed by atoms with Gasteiger partial charge in [0, 0.05) is 38.6 Å². The molecule has 174 valence electrons. The summed E-state index contributed by atoms with van der Waals surface area (Å²) in [5, 5.41) is 19.6. The Kier molecular flexibility index (Phi) is 10.7. The zero-order valence-corrected chi connectivity index (χ0v) is 19.2. The monoisotopic (exact) mass is 442 g/mol. The molecule has 9 nitrogen and oxygen atoms in total. The molecule has 0 fully saturated rings. The molecule has 1 aromatic heterocycles. The van der Waals surface area contributed by atoms with Crippen molar-refractivity contribution in [2.24, 2.45) is 15.1 Å². The lowest BCUT2D eigenvalue weighted by molar-refractivity contribution is 0.125. The van der Waals surface area contributed by atoms with Gasteiger partial charge in [-0.2, -0.15) is 10.2 Å². The highest BCUT2D eigenvalue weighted by molar-refractivity contribution is 5.98. The van der Waals surface area contributed by atoms with Crippen molar-refractivity contribution in [3.05, 3.63) is 52.5 Å². The van der Waals surface area contributed by atoms with Gasteiger partial charge in [0.2, 0.25) is 5.43 Å². The highest BCUT2D eigenvalue weighted by Crippen LogP contribution is 2.13. The summed E-state index contributed by atoms with van der Waals surface area (Å²) >= 11 is 0. The number of ether oxygens (including phenoxy) is 1. The first-order chi connectivity index (χ1) is 15.5. The SMILES string of the molecule is C=C(CC/C=C/C(N=CC(C)OCC)=NC)Cc1nn(C2C=NN(CCO)C2)ccc1=O. The molecule has 2 rings (SSSR count). The van der Waals surface area contributed by atoms with Crippen molar-refractivity contribution in [2.45, 2.75) is 45.3 Å². The fraction of sp³-hybridized carbons (Fsp3) is 0.522. The largest absolute Gasteiger partial charge is 0.394 e. The van der Waals surface area contributed by atoms with E-state index in [0.717, 1.165) is 18.4 Å². The number of rotatable bonds is 12. The van der Waals surface area contributed by atoms with E-state index in [1.165, 1.54) is 6.07 Å². The number of hydrogen-bond acceptors (Lipinski definition) is 7. The smallest absolute Gasteiger partial charge is 0.203 e. The van der Waals surface area contributed by atoms with Gasteiger partial charge in [-0.15, -0.1) is 0 Å². The van der Waals surface area contributed by atoms with Crippen LogP contribution in [0.2, 0.25) is 0 Å². The molecule has 2 heterocycles. The second-order valence-corrected chi connectivity index (χ2v) is 7.46. The minimum absolute atomic E-state index is 0.0471. The van der Waals surface area contributed by atoms with Gasteiger partial charge in [-0.3, -0.25) is 19.5 Å². The number of amidine groups is 1. The van der Waals surface area contributed by atoms with Gasteiger partial charge >= 0.3 is 0 Å². The Morgan fingerprint density at radius 2 is 2.31 bits per heavy atom. The molecule has 1 N–H and O–H groups in total. The fourth-order valence-corrected chi connectivity index (χ4v) is 3.13. The normalized spacial score (nSPS) is 17.7. The minimum atomic E-state index is -0.0988. The van der Waals surface area contributed by atoms with Crippen LogP contribution in [0, 0.1) is 0 Å². The molecule has 0 amide bonds. The summed E-state index contributed by atoms with van der Waals surface area (Å²) in [5.41, 5.74) is 1.31. The number of aliphatic imine (C=N–C) groups is 2. The van der Waals surface area contributed by atoms with E-state index >= 15 is 0 Å². The Bertz CT molecular complexity index is 919. The lowest BCUT2D eigenvalue weighted by atomic mass is 10.1. The van der Waals surface area contributed by atoms with E-state index < -0.39 is 0 Å². The topological polar surface area (TPSA) is 105 Å². The molecule has 1 aromatic rings. The van der Waals surface area contributed by atoms with Crippen molar-refractivity contribution in [3.8, 4) is 0 Å². The molecule has 0 bridgehead atoms.